The van der Waals surface area contributed by atoms with E-state index in [2.05, 4.69) is 5.32 Å². The number of hydrogen-bond donors (Lipinski definition) is 1. The normalized spacial score (nSPS) is 11.9. The van der Waals surface area contributed by atoms with Gasteiger partial charge in [-0.3, -0.25) is 9.59 Å². The molecule has 0 radical (unpaired) electrons. The first kappa shape index (κ1) is 17.1. The van der Waals surface area contributed by atoms with Gasteiger partial charge in [0.15, 0.2) is 11.5 Å². The van der Waals surface area contributed by atoms with Crippen molar-refractivity contribution in [3.8, 4) is 11.5 Å². The zero-order valence-corrected chi connectivity index (χ0v) is 14.4. The molecule has 3 rings (SSSR count). The lowest BCUT2D eigenvalue weighted by atomic mass is 10.2. The summed E-state index contributed by atoms with van der Waals surface area (Å²) in [5.41, 5.74) is 1.49. The van der Waals surface area contributed by atoms with Gasteiger partial charge in [-0.25, -0.2) is 0 Å². The van der Waals surface area contributed by atoms with Crippen molar-refractivity contribution in [3.05, 3.63) is 53.1 Å². The monoisotopic (exact) mass is 360 g/mol. The lowest BCUT2D eigenvalue weighted by molar-refractivity contribution is -0.133. The fraction of sp³-hybridized carbons (Fsp3) is 0.222. The molecule has 6 nitrogen and oxygen atoms in total. The number of amides is 2. The summed E-state index contributed by atoms with van der Waals surface area (Å²) in [4.78, 5) is 25.6. The van der Waals surface area contributed by atoms with Crippen LogP contribution in [-0.2, 0) is 16.1 Å². The number of nitrogens with zero attached hydrogens (tertiary/aromatic N) is 1. The highest BCUT2D eigenvalue weighted by atomic mass is 35.5. The van der Waals surface area contributed by atoms with E-state index in [9.17, 15) is 9.59 Å². The van der Waals surface area contributed by atoms with Gasteiger partial charge in [-0.1, -0.05) is 23.7 Å². The van der Waals surface area contributed by atoms with Crippen LogP contribution < -0.4 is 14.8 Å². The Hall–Kier alpha value is -2.73. The third kappa shape index (κ3) is 4.42. The molecule has 0 unspecified atom stereocenters. The fourth-order valence-corrected chi connectivity index (χ4v) is 2.56. The zero-order chi connectivity index (χ0) is 17.8. The summed E-state index contributed by atoms with van der Waals surface area (Å²) in [6.07, 6.45) is 0. The molecule has 1 aliphatic rings. The van der Waals surface area contributed by atoms with Gasteiger partial charge in [0.2, 0.25) is 18.6 Å². The molecular weight excluding hydrogens is 344 g/mol. The van der Waals surface area contributed by atoms with Crippen LogP contribution in [0.2, 0.25) is 5.02 Å². The Kier molecular flexibility index (Phi) is 5.09. The number of anilines is 1. The Bertz CT molecular complexity index is 792. The van der Waals surface area contributed by atoms with Crippen molar-refractivity contribution >= 4 is 29.1 Å². The van der Waals surface area contributed by atoms with Crippen LogP contribution in [0, 0.1) is 0 Å². The predicted octanol–water partition coefficient (Wildman–Crippen LogP) is 3.06. The number of benzene rings is 2. The highest BCUT2D eigenvalue weighted by molar-refractivity contribution is 6.30. The number of carbonyl (C=O) groups is 2. The molecule has 2 aromatic rings. The molecule has 0 fully saturated rings. The van der Waals surface area contributed by atoms with Gasteiger partial charge in [0, 0.05) is 30.2 Å². The van der Waals surface area contributed by atoms with E-state index in [1.807, 2.05) is 12.1 Å². The maximum Gasteiger partial charge on any atom is 0.244 e. The van der Waals surface area contributed by atoms with E-state index in [0.717, 1.165) is 5.56 Å². The van der Waals surface area contributed by atoms with Crippen molar-refractivity contribution in [1.29, 1.82) is 0 Å². The molecule has 7 heteroatoms. The Balaban J connectivity index is 1.62. The highest BCUT2D eigenvalue weighted by Gasteiger charge is 2.17. The Labute approximate surface area is 150 Å². The number of halogens is 1. The van der Waals surface area contributed by atoms with Gasteiger partial charge in [0.05, 0.1) is 0 Å². The van der Waals surface area contributed by atoms with E-state index in [0.29, 0.717) is 28.8 Å². The van der Waals surface area contributed by atoms with Crippen molar-refractivity contribution in [2.45, 2.75) is 13.5 Å². The first-order valence-electron chi connectivity index (χ1n) is 7.71. The van der Waals surface area contributed by atoms with E-state index < -0.39 is 0 Å². The second-order valence-electron chi connectivity index (χ2n) is 5.62. The fourth-order valence-electron chi connectivity index (χ4n) is 2.44. The van der Waals surface area contributed by atoms with Gasteiger partial charge in [0.1, 0.15) is 6.54 Å². The molecule has 0 bridgehead atoms. The van der Waals surface area contributed by atoms with Crippen molar-refractivity contribution in [1.82, 2.24) is 4.90 Å². The summed E-state index contributed by atoms with van der Waals surface area (Å²) in [6.45, 7) is 1.89. The lowest BCUT2D eigenvalue weighted by Gasteiger charge is -2.20. The number of ether oxygens (including phenoxy) is 2. The first-order chi connectivity index (χ1) is 12.0. The number of rotatable bonds is 5. The van der Waals surface area contributed by atoms with Crippen molar-refractivity contribution in [2.75, 3.05) is 18.7 Å². The van der Waals surface area contributed by atoms with E-state index in [-0.39, 0.29) is 25.2 Å². The second-order valence-corrected chi connectivity index (χ2v) is 6.05. The molecule has 0 saturated heterocycles. The third-order valence-corrected chi connectivity index (χ3v) is 3.97. The molecule has 0 aliphatic carbocycles. The number of hydrogen-bond acceptors (Lipinski definition) is 4. The standard InChI is InChI=1S/C18H17ClN2O4/c1-12(22)21(9-13-2-4-14(19)5-3-13)10-18(23)20-15-6-7-16-17(8-15)25-11-24-16/h2-8H,9-11H2,1H3,(H,20,23). The molecule has 1 N–H and O–H groups in total. The SMILES string of the molecule is CC(=O)N(CC(=O)Nc1ccc2c(c1)OCO2)Cc1ccc(Cl)cc1. The molecule has 0 aromatic heterocycles. The minimum atomic E-state index is -0.289. The van der Waals surface area contributed by atoms with Crippen LogP contribution in [0.3, 0.4) is 0 Å². The van der Waals surface area contributed by atoms with Crippen molar-refractivity contribution in [3.63, 3.8) is 0 Å². The van der Waals surface area contributed by atoms with E-state index >= 15 is 0 Å². The molecule has 2 aromatic carbocycles. The number of nitrogens with one attached hydrogen (secondary N) is 1. The number of carbonyl (C=O) groups excluding carboxylic acids is 2. The Morgan fingerprint density at radius 3 is 2.56 bits per heavy atom. The topological polar surface area (TPSA) is 67.9 Å². The summed E-state index contributed by atoms with van der Waals surface area (Å²) >= 11 is 5.86. The summed E-state index contributed by atoms with van der Waals surface area (Å²) < 4.78 is 10.5. The maximum atomic E-state index is 12.3. The highest BCUT2D eigenvalue weighted by Crippen LogP contribution is 2.34. The smallest absolute Gasteiger partial charge is 0.244 e. The lowest BCUT2D eigenvalue weighted by Crippen LogP contribution is -2.36. The molecule has 130 valence electrons. The van der Waals surface area contributed by atoms with E-state index in [1.54, 1.807) is 30.3 Å². The second kappa shape index (κ2) is 7.44. The van der Waals surface area contributed by atoms with E-state index in [4.69, 9.17) is 21.1 Å². The molecule has 0 saturated carbocycles. The molecule has 2 amide bonds. The Morgan fingerprint density at radius 2 is 1.84 bits per heavy atom. The summed E-state index contributed by atoms with van der Waals surface area (Å²) in [5, 5.41) is 3.39. The van der Waals surface area contributed by atoms with Crippen LogP contribution in [0.25, 0.3) is 0 Å². The van der Waals surface area contributed by atoms with E-state index in [1.165, 1.54) is 11.8 Å². The molecular formula is C18H17ClN2O4. The minimum Gasteiger partial charge on any atom is -0.454 e. The molecule has 1 heterocycles. The average Bonchev–Trinajstić information content (AvgIpc) is 3.03. The van der Waals surface area contributed by atoms with Gasteiger partial charge in [-0.2, -0.15) is 0 Å². The third-order valence-electron chi connectivity index (χ3n) is 3.72. The summed E-state index contributed by atoms with van der Waals surface area (Å²) in [5.74, 6) is 0.757. The molecule has 1 aliphatic heterocycles. The van der Waals surface area contributed by atoms with Gasteiger partial charge in [-0.05, 0) is 29.8 Å². The first-order valence-corrected chi connectivity index (χ1v) is 8.08. The van der Waals surface area contributed by atoms with Gasteiger partial charge >= 0.3 is 0 Å². The van der Waals surface area contributed by atoms with Crippen LogP contribution in [0.1, 0.15) is 12.5 Å². The maximum absolute atomic E-state index is 12.3. The zero-order valence-electron chi connectivity index (χ0n) is 13.6. The van der Waals surface area contributed by atoms with Crippen LogP contribution in [0.4, 0.5) is 5.69 Å². The molecule has 0 spiro atoms. The van der Waals surface area contributed by atoms with Crippen molar-refractivity contribution < 1.29 is 19.1 Å². The van der Waals surface area contributed by atoms with Crippen molar-refractivity contribution in [2.24, 2.45) is 0 Å². The van der Waals surface area contributed by atoms with Crippen LogP contribution >= 0.6 is 11.6 Å². The van der Waals surface area contributed by atoms with Crippen LogP contribution in [-0.4, -0.2) is 30.1 Å². The largest absolute Gasteiger partial charge is 0.454 e. The summed E-state index contributed by atoms with van der Waals surface area (Å²) in [6, 6.07) is 12.3. The van der Waals surface area contributed by atoms with Gasteiger partial charge in [-0.15, -0.1) is 0 Å². The molecule has 0 atom stereocenters. The van der Waals surface area contributed by atoms with Crippen LogP contribution in [0.5, 0.6) is 11.5 Å². The van der Waals surface area contributed by atoms with Gasteiger partial charge < -0.3 is 19.7 Å². The predicted molar refractivity (Wildman–Crippen MR) is 93.7 cm³/mol. The molecule has 25 heavy (non-hydrogen) atoms. The Morgan fingerprint density at radius 1 is 1.12 bits per heavy atom. The quantitative estimate of drug-likeness (QED) is 0.889. The van der Waals surface area contributed by atoms with Gasteiger partial charge in [0.25, 0.3) is 0 Å². The minimum absolute atomic E-state index is 0.0492. The summed E-state index contributed by atoms with van der Waals surface area (Å²) in [7, 11) is 0. The average molecular weight is 361 g/mol. The van der Waals surface area contributed by atoms with Crippen LogP contribution in [0.15, 0.2) is 42.5 Å². The number of fused-ring (bicyclic) bond motifs is 1.